The third-order valence-corrected chi connectivity index (χ3v) is 5.79. The molecule has 1 aromatic carbocycles. The van der Waals surface area contributed by atoms with Crippen LogP contribution in [0.25, 0.3) is 0 Å². The van der Waals surface area contributed by atoms with Gasteiger partial charge in [-0.2, -0.15) is 11.8 Å². The molecule has 1 aromatic rings. The van der Waals surface area contributed by atoms with E-state index in [0.717, 1.165) is 28.5 Å². The lowest BCUT2D eigenvalue weighted by Gasteiger charge is -2.35. The molecule has 2 rings (SSSR count). The van der Waals surface area contributed by atoms with Crippen molar-refractivity contribution in [1.29, 1.82) is 0 Å². The van der Waals surface area contributed by atoms with Crippen LogP contribution in [0.1, 0.15) is 45.1 Å². The average molecular weight is 312 g/mol. The normalized spacial score (nSPS) is 26.6. The first-order valence-electron chi connectivity index (χ1n) is 7.78. The molecule has 0 aromatic heterocycles. The first-order chi connectivity index (χ1) is 9.69. The van der Waals surface area contributed by atoms with Gasteiger partial charge in [-0.3, -0.25) is 0 Å². The molecule has 0 saturated heterocycles. The fourth-order valence-corrected chi connectivity index (χ4v) is 4.51. The standard InChI is InChI=1S/C17H26ClNS/c1-3-10-19-16-9-4-13(2)11-17(16)20-12-14-5-7-15(18)8-6-14/h5-8,13,16-17,19H,3-4,9-12H2,1-2H3. The van der Waals surface area contributed by atoms with Gasteiger partial charge in [-0.1, -0.05) is 37.6 Å². The zero-order valence-electron chi connectivity index (χ0n) is 12.6. The maximum atomic E-state index is 5.94. The molecule has 0 spiro atoms. The first kappa shape index (κ1) is 16.2. The fraction of sp³-hybridized carbons (Fsp3) is 0.647. The Bertz CT molecular complexity index is 390. The van der Waals surface area contributed by atoms with E-state index in [9.17, 15) is 0 Å². The smallest absolute Gasteiger partial charge is 0.0406 e. The van der Waals surface area contributed by atoms with Crippen LogP contribution in [0.15, 0.2) is 24.3 Å². The van der Waals surface area contributed by atoms with Crippen molar-refractivity contribution in [3.63, 3.8) is 0 Å². The predicted octanol–water partition coefficient (Wildman–Crippen LogP) is 5.13. The number of halogens is 1. The maximum absolute atomic E-state index is 5.94. The van der Waals surface area contributed by atoms with Crippen molar-refractivity contribution in [3.8, 4) is 0 Å². The molecule has 1 fully saturated rings. The molecular formula is C17H26ClNS. The molecular weight excluding hydrogens is 286 g/mol. The van der Waals surface area contributed by atoms with Crippen LogP contribution in [0, 0.1) is 5.92 Å². The van der Waals surface area contributed by atoms with Crippen LogP contribution in [-0.2, 0) is 5.75 Å². The topological polar surface area (TPSA) is 12.0 Å². The third-order valence-electron chi connectivity index (χ3n) is 4.09. The van der Waals surface area contributed by atoms with Crippen LogP contribution in [0.5, 0.6) is 0 Å². The lowest BCUT2D eigenvalue weighted by Crippen LogP contribution is -2.42. The minimum absolute atomic E-state index is 0.698. The number of benzene rings is 1. The van der Waals surface area contributed by atoms with Crippen LogP contribution in [0.4, 0.5) is 0 Å². The predicted molar refractivity (Wildman–Crippen MR) is 91.6 cm³/mol. The van der Waals surface area contributed by atoms with Crippen LogP contribution in [0.2, 0.25) is 5.02 Å². The van der Waals surface area contributed by atoms with E-state index < -0.39 is 0 Å². The second-order valence-corrected chi connectivity index (χ2v) is 7.62. The van der Waals surface area contributed by atoms with E-state index in [1.165, 1.54) is 31.2 Å². The maximum Gasteiger partial charge on any atom is 0.0406 e. The van der Waals surface area contributed by atoms with Crippen molar-refractivity contribution < 1.29 is 0 Å². The van der Waals surface area contributed by atoms with Crippen molar-refractivity contribution in [2.75, 3.05) is 6.54 Å². The number of nitrogens with one attached hydrogen (secondary N) is 1. The largest absolute Gasteiger partial charge is 0.313 e. The number of thioether (sulfide) groups is 1. The monoisotopic (exact) mass is 311 g/mol. The highest BCUT2D eigenvalue weighted by Crippen LogP contribution is 2.34. The molecule has 1 nitrogen and oxygen atoms in total. The molecule has 3 atom stereocenters. The van der Waals surface area contributed by atoms with E-state index >= 15 is 0 Å². The Morgan fingerprint density at radius 2 is 2.00 bits per heavy atom. The molecule has 1 aliphatic carbocycles. The Kier molecular flexibility index (Phi) is 6.73. The van der Waals surface area contributed by atoms with Crippen molar-refractivity contribution in [2.24, 2.45) is 5.92 Å². The van der Waals surface area contributed by atoms with Gasteiger partial charge in [-0.25, -0.2) is 0 Å². The zero-order chi connectivity index (χ0) is 14.4. The molecule has 0 amide bonds. The summed E-state index contributed by atoms with van der Waals surface area (Å²) in [5, 5.41) is 5.32. The van der Waals surface area contributed by atoms with Gasteiger partial charge >= 0.3 is 0 Å². The van der Waals surface area contributed by atoms with Gasteiger partial charge in [-0.05, 0) is 55.8 Å². The van der Waals surface area contributed by atoms with Crippen LogP contribution < -0.4 is 5.32 Å². The van der Waals surface area contributed by atoms with Gasteiger partial charge in [0.1, 0.15) is 0 Å². The van der Waals surface area contributed by atoms with Gasteiger partial charge in [0.2, 0.25) is 0 Å². The van der Waals surface area contributed by atoms with Crippen LogP contribution in [-0.4, -0.2) is 17.8 Å². The molecule has 0 bridgehead atoms. The highest BCUT2D eigenvalue weighted by molar-refractivity contribution is 7.99. The van der Waals surface area contributed by atoms with Crippen LogP contribution in [0.3, 0.4) is 0 Å². The van der Waals surface area contributed by atoms with E-state index in [1.54, 1.807) is 0 Å². The summed E-state index contributed by atoms with van der Waals surface area (Å²) >= 11 is 8.06. The number of hydrogen-bond acceptors (Lipinski definition) is 2. The summed E-state index contributed by atoms with van der Waals surface area (Å²) in [5.74, 6) is 1.97. The van der Waals surface area contributed by atoms with Gasteiger partial charge in [0, 0.05) is 22.1 Å². The Labute approximate surface area is 132 Å². The summed E-state index contributed by atoms with van der Waals surface area (Å²) in [5.41, 5.74) is 1.38. The van der Waals surface area contributed by atoms with E-state index in [2.05, 4.69) is 43.1 Å². The SMILES string of the molecule is CCCNC1CCC(C)CC1SCc1ccc(Cl)cc1. The Morgan fingerprint density at radius 3 is 2.70 bits per heavy atom. The summed E-state index contributed by atoms with van der Waals surface area (Å²) in [6.45, 7) is 5.79. The van der Waals surface area contributed by atoms with E-state index in [-0.39, 0.29) is 0 Å². The van der Waals surface area contributed by atoms with Crippen LogP contribution >= 0.6 is 23.4 Å². The molecule has 0 aliphatic heterocycles. The summed E-state index contributed by atoms with van der Waals surface area (Å²) in [6.07, 6.45) is 5.28. The highest BCUT2D eigenvalue weighted by Gasteiger charge is 2.28. The van der Waals surface area contributed by atoms with Crippen molar-refractivity contribution >= 4 is 23.4 Å². The molecule has 3 heteroatoms. The number of rotatable bonds is 6. The Morgan fingerprint density at radius 1 is 1.25 bits per heavy atom. The van der Waals surface area contributed by atoms with E-state index in [0.29, 0.717) is 6.04 Å². The van der Waals surface area contributed by atoms with Crippen molar-refractivity contribution in [3.05, 3.63) is 34.9 Å². The van der Waals surface area contributed by atoms with E-state index in [1.807, 2.05) is 12.1 Å². The molecule has 20 heavy (non-hydrogen) atoms. The Hall–Kier alpha value is -0.180. The molecule has 1 N–H and O–H groups in total. The van der Waals surface area contributed by atoms with Gasteiger partial charge < -0.3 is 5.32 Å². The van der Waals surface area contributed by atoms with Crippen molar-refractivity contribution in [1.82, 2.24) is 5.32 Å². The van der Waals surface area contributed by atoms with Gasteiger partial charge in [-0.15, -0.1) is 0 Å². The minimum atomic E-state index is 0.698. The van der Waals surface area contributed by atoms with Gasteiger partial charge in [0.05, 0.1) is 0 Å². The summed E-state index contributed by atoms with van der Waals surface area (Å²) in [4.78, 5) is 0. The number of hydrogen-bond donors (Lipinski definition) is 1. The zero-order valence-corrected chi connectivity index (χ0v) is 14.1. The van der Waals surface area contributed by atoms with Crippen molar-refractivity contribution in [2.45, 2.75) is 56.6 Å². The second-order valence-electron chi connectivity index (χ2n) is 5.95. The first-order valence-corrected chi connectivity index (χ1v) is 9.21. The van der Waals surface area contributed by atoms with E-state index in [4.69, 9.17) is 11.6 Å². The Balaban J connectivity index is 1.88. The quantitative estimate of drug-likeness (QED) is 0.781. The van der Waals surface area contributed by atoms with Gasteiger partial charge in [0.15, 0.2) is 0 Å². The molecule has 3 unspecified atom stereocenters. The van der Waals surface area contributed by atoms with Gasteiger partial charge in [0.25, 0.3) is 0 Å². The molecule has 1 saturated carbocycles. The molecule has 0 heterocycles. The lowest BCUT2D eigenvalue weighted by atomic mass is 9.87. The summed E-state index contributed by atoms with van der Waals surface area (Å²) in [7, 11) is 0. The summed E-state index contributed by atoms with van der Waals surface area (Å²) in [6, 6.07) is 8.98. The lowest BCUT2D eigenvalue weighted by molar-refractivity contribution is 0.317. The summed E-state index contributed by atoms with van der Waals surface area (Å²) < 4.78 is 0. The fourth-order valence-electron chi connectivity index (χ4n) is 2.86. The second kappa shape index (κ2) is 8.31. The average Bonchev–Trinajstić information content (AvgIpc) is 2.46. The highest BCUT2D eigenvalue weighted by atomic mass is 35.5. The molecule has 112 valence electrons. The molecule has 0 radical (unpaired) electrons. The minimum Gasteiger partial charge on any atom is -0.313 e. The third kappa shape index (κ3) is 4.98. The molecule has 1 aliphatic rings.